The van der Waals surface area contributed by atoms with Gasteiger partial charge in [-0.25, -0.2) is 0 Å². The molecule has 11 heavy (non-hydrogen) atoms. The number of hydrogen-bond donors (Lipinski definition) is 1. The second-order valence-electron chi connectivity index (χ2n) is 2.04. The number of rotatable bonds is 2. The maximum Gasteiger partial charge on any atom is 0.146 e. The molecule has 0 atom stereocenters. The van der Waals surface area contributed by atoms with E-state index in [2.05, 4.69) is 10.6 Å². The molecule has 1 aromatic rings. The summed E-state index contributed by atoms with van der Waals surface area (Å²) < 4.78 is 0. The van der Waals surface area contributed by atoms with Gasteiger partial charge in [0.25, 0.3) is 0 Å². The third-order valence-electron chi connectivity index (χ3n) is 1.09. The highest BCUT2D eigenvalue weighted by atomic mass is 16.5. The third-order valence-corrected chi connectivity index (χ3v) is 1.09. The van der Waals surface area contributed by atoms with E-state index in [0.29, 0.717) is 4.86 Å². The average Bonchev–Trinajstić information content (AvgIpc) is 2.03. The van der Waals surface area contributed by atoms with E-state index < -0.39 is 0 Å². The van der Waals surface area contributed by atoms with Crippen LogP contribution in [0.25, 0.3) is 0 Å². The van der Waals surface area contributed by atoms with Crippen LogP contribution in [0.2, 0.25) is 0 Å². The van der Waals surface area contributed by atoms with Crippen LogP contribution in [0.1, 0.15) is 0 Å². The summed E-state index contributed by atoms with van der Waals surface area (Å²) in [5.74, 6) is 0. The van der Waals surface area contributed by atoms with Crippen molar-refractivity contribution >= 4 is 5.69 Å². The highest BCUT2D eigenvalue weighted by Crippen LogP contribution is 2.03. The SMILES string of the molecule is C/[N+]([O-])=N/Nc1ccccc1. The summed E-state index contributed by atoms with van der Waals surface area (Å²) >= 11 is 0. The Labute approximate surface area is 64.7 Å². The molecule has 0 aromatic heterocycles. The number of nitrogens with one attached hydrogen (secondary N) is 1. The normalized spacial score (nSPS) is 11.2. The minimum absolute atomic E-state index is 0.465. The zero-order valence-electron chi connectivity index (χ0n) is 6.19. The fourth-order valence-electron chi connectivity index (χ4n) is 0.641. The number of hydroxylamine groups is 1. The summed E-state index contributed by atoms with van der Waals surface area (Å²) in [7, 11) is 1.32. The molecule has 0 aliphatic rings. The largest absolute Gasteiger partial charge is 0.696 e. The van der Waals surface area contributed by atoms with Gasteiger partial charge in [0.1, 0.15) is 12.7 Å². The van der Waals surface area contributed by atoms with Gasteiger partial charge in [-0.15, -0.1) is 5.43 Å². The Hall–Kier alpha value is -1.58. The number of nitrogens with zero attached hydrogens (tertiary/aromatic N) is 2. The molecule has 0 amide bonds. The fraction of sp³-hybridized carbons (Fsp3) is 0.143. The van der Waals surface area contributed by atoms with E-state index >= 15 is 0 Å². The van der Waals surface area contributed by atoms with Gasteiger partial charge in [-0.05, 0) is 12.1 Å². The van der Waals surface area contributed by atoms with E-state index in [0.717, 1.165) is 5.69 Å². The van der Waals surface area contributed by atoms with Gasteiger partial charge < -0.3 is 5.21 Å². The third kappa shape index (κ3) is 2.66. The van der Waals surface area contributed by atoms with Crippen LogP contribution in [0.3, 0.4) is 0 Å². The van der Waals surface area contributed by atoms with E-state index in [1.165, 1.54) is 7.05 Å². The Bertz CT molecular complexity index is 241. The predicted octanol–water partition coefficient (Wildman–Crippen LogP) is 1.61. The Balaban J connectivity index is 2.59. The lowest BCUT2D eigenvalue weighted by atomic mass is 10.3. The van der Waals surface area contributed by atoms with E-state index in [-0.39, 0.29) is 0 Å². The molecule has 0 spiro atoms. The summed E-state index contributed by atoms with van der Waals surface area (Å²) in [4.78, 5) is 0.465. The summed E-state index contributed by atoms with van der Waals surface area (Å²) in [6, 6.07) is 9.28. The summed E-state index contributed by atoms with van der Waals surface area (Å²) in [6.07, 6.45) is 0. The maximum absolute atomic E-state index is 10.3. The number of anilines is 1. The molecule has 1 N–H and O–H groups in total. The van der Waals surface area contributed by atoms with Crippen LogP contribution < -0.4 is 5.43 Å². The standard InChI is InChI=1S/C7H9N3O/c1-10(11)9-8-7-5-3-2-4-6-7/h2-6,8H,1H3/b10-9-. The smallest absolute Gasteiger partial charge is 0.146 e. The molecule has 0 unspecified atom stereocenters. The molecule has 0 aliphatic carbocycles. The first-order valence-corrected chi connectivity index (χ1v) is 3.21. The zero-order chi connectivity index (χ0) is 8.10. The van der Waals surface area contributed by atoms with Crippen LogP contribution >= 0.6 is 0 Å². The van der Waals surface area contributed by atoms with Gasteiger partial charge in [-0.1, -0.05) is 18.2 Å². The second-order valence-corrected chi connectivity index (χ2v) is 2.04. The zero-order valence-corrected chi connectivity index (χ0v) is 6.19. The van der Waals surface area contributed by atoms with Gasteiger partial charge in [0, 0.05) is 0 Å². The molecule has 0 saturated heterocycles. The fourth-order valence-corrected chi connectivity index (χ4v) is 0.641. The predicted molar refractivity (Wildman–Crippen MR) is 42.0 cm³/mol. The number of para-hydroxylation sites is 1. The Morgan fingerprint density at radius 3 is 2.55 bits per heavy atom. The van der Waals surface area contributed by atoms with Gasteiger partial charge in [0.05, 0.1) is 5.22 Å². The average molecular weight is 151 g/mol. The van der Waals surface area contributed by atoms with Crippen LogP contribution in [0.5, 0.6) is 0 Å². The molecule has 0 aliphatic heterocycles. The van der Waals surface area contributed by atoms with Crippen molar-refractivity contribution in [2.24, 2.45) is 5.22 Å². The van der Waals surface area contributed by atoms with Crippen molar-refractivity contribution in [3.8, 4) is 0 Å². The van der Waals surface area contributed by atoms with Crippen molar-refractivity contribution in [2.45, 2.75) is 0 Å². The van der Waals surface area contributed by atoms with E-state index in [1.807, 2.05) is 30.3 Å². The number of benzene rings is 1. The lowest BCUT2D eigenvalue weighted by Gasteiger charge is -1.96. The first-order chi connectivity index (χ1) is 5.29. The summed E-state index contributed by atoms with van der Waals surface area (Å²) in [5.41, 5.74) is 3.38. The van der Waals surface area contributed by atoms with Gasteiger partial charge >= 0.3 is 0 Å². The minimum Gasteiger partial charge on any atom is -0.696 e. The molecular formula is C7H9N3O. The monoisotopic (exact) mass is 151 g/mol. The molecule has 0 fully saturated rings. The van der Waals surface area contributed by atoms with Crippen molar-refractivity contribution in [1.29, 1.82) is 0 Å². The Kier molecular flexibility index (Phi) is 2.43. The molecule has 0 radical (unpaired) electrons. The van der Waals surface area contributed by atoms with Gasteiger partial charge in [0.2, 0.25) is 0 Å². The topological polar surface area (TPSA) is 50.5 Å². The molecule has 1 rings (SSSR count). The summed E-state index contributed by atoms with van der Waals surface area (Å²) in [6.45, 7) is 0. The van der Waals surface area contributed by atoms with Crippen molar-refractivity contribution in [2.75, 3.05) is 12.5 Å². The molecule has 58 valence electrons. The van der Waals surface area contributed by atoms with Gasteiger partial charge in [-0.2, -0.15) is 4.86 Å². The van der Waals surface area contributed by atoms with Crippen LogP contribution in [0.4, 0.5) is 5.69 Å². The highest BCUT2D eigenvalue weighted by Gasteiger charge is 1.89. The maximum atomic E-state index is 10.3. The van der Waals surface area contributed by atoms with Gasteiger partial charge in [0.15, 0.2) is 0 Å². The molecule has 4 nitrogen and oxygen atoms in total. The van der Waals surface area contributed by atoms with Crippen LogP contribution in [0.15, 0.2) is 35.6 Å². The molecular weight excluding hydrogens is 142 g/mol. The van der Waals surface area contributed by atoms with Crippen molar-refractivity contribution in [3.63, 3.8) is 0 Å². The van der Waals surface area contributed by atoms with E-state index in [1.54, 1.807) is 0 Å². The second kappa shape index (κ2) is 3.55. The van der Waals surface area contributed by atoms with E-state index in [4.69, 9.17) is 0 Å². The van der Waals surface area contributed by atoms with Crippen LogP contribution in [-0.2, 0) is 0 Å². The van der Waals surface area contributed by atoms with Crippen molar-refractivity contribution in [3.05, 3.63) is 35.5 Å². The van der Waals surface area contributed by atoms with Crippen LogP contribution in [-0.4, -0.2) is 11.9 Å². The summed E-state index contributed by atoms with van der Waals surface area (Å²) in [5, 5.41) is 13.7. The molecule has 0 saturated carbocycles. The lowest BCUT2D eigenvalue weighted by Crippen LogP contribution is -1.96. The molecule has 4 heteroatoms. The number of hydrogen-bond acceptors (Lipinski definition) is 2. The lowest BCUT2D eigenvalue weighted by molar-refractivity contribution is -0.497. The van der Waals surface area contributed by atoms with Crippen molar-refractivity contribution < 1.29 is 4.86 Å². The molecule has 0 heterocycles. The van der Waals surface area contributed by atoms with Crippen LogP contribution in [0, 0.1) is 5.21 Å². The van der Waals surface area contributed by atoms with Gasteiger partial charge in [-0.3, -0.25) is 0 Å². The van der Waals surface area contributed by atoms with E-state index in [9.17, 15) is 5.21 Å². The van der Waals surface area contributed by atoms with Crippen molar-refractivity contribution in [1.82, 2.24) is 0 Å². The molecule has 1 aromatic carbocycles. The highest BCUT2D eigenvalue weighted by molar-refractivity contribution is 5.40. The minimum atomic E-state index is 0.465. The Morgan fingerprint density at radius 1 is 1.36 bits per heavy atom. The first kappa shape index (κ1) is 7.53. The quantitative estimate of drug-likeness (QED) is 0.396. The Morgan fingerprint density at radius 2 is 2.00 bits per heavy atom. The molecule has 0 bridgehead atoms. The first-order valence-electron chi connectivity index (χ1n) is 3.21.